The van der Waals surface area contributed by atoms with Crippen molar-refractivity contribution in [3.8, 4) is 11.1 Å². The standard InChI is InChI=1S/C26H27ClFN4O6P/c1-26(2,38-39(34,35)36)32-16-21(20-13-19(14-29-25(20)32)30-8-10-37-11-9-30)17-6-7-31(23(33)12-17)15-18-4-3-5-22(27)24(18)28/h3-7,12-14,16H,8-11,15H2,1-2H3,(H2,34,35,36). The molecule has 0 radical (unpaired) electrons. The van der Waals surface area contributed by atoms with Gasteiger partial charge in [-0.2, -0.15) is 0 Å². The van der Waals surface area contributed by atoms with E-state index in [0.717, 1.165) is 5.69 Å². The van der Waals surface area contributed by atoms with Crippen molar-refractivity contribution in [1.29, 1.82) is 0 Å². The Balaban J connectivity index is 1.61. The van der Waals surface area contributed by atoms with Crippen molar-refractivity contribution in [2.45, 2.75) is 26.1 Å². The number of halogens is 2. The second-order valence-electron chi connectivity index (χ2n) is 9.70. The lowest BCUT2D eigenvalue weighted by atomic mass is 10.1. The van der Waals surface area contributed by atoms with Crippen LogP contribution in [0.1, 0.15) is 19.4 Å². The molecule has 5 rings (SSSR count). The van der Waals surface area contributed by atoms with E-state index in [4.69, 9.17) is 20.9 Å². The summed E-state index contributed by atoms with van der Waals surface area (Å²) in [5, 5.41) is 0.646. The zero-order valence-electron chi connectivity index (χ0n) is 21.3. The molecule has 1 aliphatic rings. The summed E-state index contributed by atoms with van der Waals surface area (Å²) < 4.78 is 39.6. The molecule has 4 heterocycles. The van der Waals surface area contributed by atoms with Crippen molar-refractivity contribution in [2.24, 2.45) is 0 Å². The highest BCUT2D eigenvalue weighted by atomic mass is 35.5. The molecule has 3 aromatic heterocycles. The third-order valence-electron chi connectivity index (χ3n) is 6.61. The number of hydrogen-bond donors (Lipinski definition) is 2. The van der Waals surface area contributed by atoms with Crippen LogP contribution in [0.3, 0.4) is 0 Å². The third kappa shape index (κ3) is 5.79. The van der Waals surface area contributed by atoms with Gasteiger partial charge in [0.25, 0.3) is 5.56 Å². The van der Waals surface area contributed by atoms with Crippen molar-refractivity contribution in [1.82, 2.24) is 14.1 Å². The number of pyridine rings is 2. The van der Waals surface area contributed by atoms with Crippen LogP contribution in [0, 0.1) is 5.82 Å². The fourth-order valence-electron chi connectivity index (χ4n) is 4.73. The van der Waals surface area contributed by atoms with E-state index in [0.29, 0.717) is 48.5 Å². The predicted octanol–water partition coefficient (Wildman–Crippen LogP) is 4.34. The molecule has 0 aliphatic carbocycles. The molecule has 39 heavy (non-hydrogen) atoms. The first-order valence-corrected chi connectivity index (χ1v) is 14.1. The zero-order valence-corrected chi connectivity index (χ0v) is 22.9. The van der Waals surface area contributed by atoms with E-state index in [1.807, 2.05) is 6.07 Å². The van der Waals surface area contributed by atoms with Crippen LogP contribution in [0.2, 0.25) is 5.02 Å². The minimum atomic E-state index is -4.84. The Morgan fingerprint density at radius 1 is 1.21 bits per heavy atom. The summed E-state index contributed by atoms with van der Waals surface area (Å²) in [7, 11) is -4.84. The molecule has 4 aromatic rings. The molecule has 2 N–H and O–H groups in total. The number of ether oxygens (including phenoxy) is 1. The Kier molecular flexibility index (Phi) is 7.41. The predicted molar refractivity (Wildman–Crippen MR) is 145 cm³/mol. The van der Waals surface area contributed by atoms with Gasteiger partial charge in [0, 0.05) is 48.1 Å². The van der Waals surface area contributed by atoms with Crippen molar-refractivity contribution in [3.63, 3.8) is 0 Å². The van der Waals surface area contributed by atoms with Gasteiger partial charge in [0.1, 0.15) is 11.5 Å². The van der Waals surface area contributed by atoms with Gasteiger partial charge in [-0.3, -0.25) is 9.32 Å². The van der Waals surface area contributed by atoms with Gasteiger partial charge < -0.3 is 28.6 Å². The monoisotopic (exact) mass is 576 g/mol. The average molecular weight is 577 g/mol. The summed E-state index contributed by atoms with van der Waals surface area (Å²) >= 11 is 5.89. The lowest BCUT2D eigenvalue weighted by Crippen LogP contribution is -2.36. The number of anilines is 1. The number of phosphoric acid groups is 1. The highest BCUT2D eigenvalue weighted by Gasteiger charge is 2.33. The van der Waals surface area contributed by atoms with Crippen LogP contribution in [0.15, 0.2) is 59.8 Å². The molecule has 206 valence electrons. The Labute approximate surface area is 228 Å². The van der Waals surface area contributed by atoms with Crippen molar-refractivity contribution < 1.29 is 28.0 Å². The second kappa shape index (κ2) is 10.5. The summed E-state index contributed by atoms with van der Waals surface area (Å²) in [6.45, 7) is 5.58. The Bertz CT molecular complexity index is 1640. The highest BCUT2D eigenvalue weighted by Crippen LogP contribution is 2.45. The summed E-state index contributed by atoms with van der Waals surface area (Å²) in [6, 6.07) is 9.71. The number of rotatable bonds is 7. The Morgan fingerprint density at radius 2 is 1.95 bits per heavy atom. The van der Waals surface area contributed by atoms with E-state index in [1.165, 1.54) is 35.1 Å². The second-order valence-corrected chi connectivity index (χ2v) is 11.3. The van der Waals surface area contributed by atoms with E-state index in [-0.39, 0.29) is 22.7 Å². The molecule has 0 amide bonds. The molecule has 0 spiro atoms. The van der Waals surface area contributed by atoms with Gasteiger partial charge in [0.15, 0.2) is 5.72 Å². The zero-order chi connectivity index (χ0) is 27.9. The molecule has 0 atom stereocenters. The van der Waals surface area contributed by atoms with Crippen LogP contribution < -0.4 is 10.5 Å². The quantitative estimate of drug-likeness (QED) is 0.312. The van der Waals surface area contributed by atoms with E-state index in [2.05, 4.69) is 9.88 Å². The topological polar surface area (TPSA) is 119 Å². The number of benzene rings is 1. The first-order valence-electron chi connectivity index (χ1n) is 12.2. The maximum atomic E-state index is 14.4. The van der Waals surface area contributed by atoms with Gasteiger partial charge in [0.05, 0.1) is 36.7 Å². The highest BCUT2D eigenvalue weighted by molar-refractivity contribution is 7.46. The van der Waals surface area contributed by atoms with Crippen LogP contribution >= 0.6 is 19.4 Å². The van der Waals surface area contributed by atoms with Gasteiger partial charge in [-0.15, -0.1) is 0 Å². The SMILES string of the molecule is CC(C)(OP(=O)(O)O)n1cc(-c2ccn(Cc3cccc(Cl)c3F)c(=O)c2)c2cc(N3CCOCC3)cnc21. The van der Waals surface area contributed by atoms with Crippen LogP contribution in [0.5, 0.6) is 0 Å². The molecular formula is C26H27ClFN4O6P. The maximum Gasteiger partial charge on any atom is 0.471 e. The molecule has 10 nitrogen and oxygen atoms in total. The molecule has 1 aliphatic heterocycles. The fourth-order valence-corrected chi connectivity index (χ4v) is 5.59. The molecule has 0 bridgehead atoms. The molecule has 1 saturated heterocycles. The number of hydrogen-bond acceptors (Lipinski definition) is 6. The van der Waals surface area contributed by atoms with Gasteiger partial charge >= 0.3 is 7.82 Å². The normalized spacial score (nSPS) is 14.8. The number of fused-ring (bicyclic) bond motifs is 1. The van der Waals surface area contributed by atoms with Crippen LogP contribution in [0.4, 0.5) is 10.1 Å². The summed E-state index contributed by atoms with van der Waals surface area (Å²) in [6.07, 6.45) is 4.92. The number of nitrogens with zero attached hydrogens (tertiary/aromatic N) is 4. The summed E-state index contributed by atoms with van der Waals surface area (Å²) in [5.74, 6) is -0.577. The van der Waals surface area contributed by atoms with Crippen LogP contribution in [-0.4, -0.2) is 50.2 Å². The molecular weight excluding hydrogens is 550 g/mol. The molecule has 1 fully saturated rings. The third-order valence-corrected chi connectivity index (χ3v) is 7.58. The lowest BCUT2D eigenvalue weighted by Gasteiger charge is -2.29. The Morgan fingerprint density at radius 3 is 2.64 bits per heavy atom. The van der Waals surface area contributed by atoms with E-state index in [1.54, 1.807) is 36.8 Å². The molecule has 13 heteroatoms. The van der Waals surface area contributed by atoms with Gasteiger partial charge in [-0.1, -0.05) is 23.7 Å². The van der Waals surface area contributed by atoms with E-state index < -0.39 is 19.4 Å². The lowest BCUT2D eigenvalue weighted by molar-refractivity contribution is 0.00420. The van der Waals surface area contributed by atoms with Crippen molar-refractivity contribution >= 4 is 36.1 Å². The number of morpholine rings is 1. The first-order chi connectivity index (χ1) is 18.4. The average Bonchev–Trinajstić information content (AvgIpc) is 3.27. The number of phosphoric ester groups is 1. The minimum absolute atomic E-state index is 0.000836. The van der Waals surface area contributed by atoms with E-state index in [9.17, 15) is 23.5 Å². The van der Waals surface area contributed by atoms with Gasteiger partial charge in [0.2, 0.25) is 0 Å². The Hall–Kier alpha value is -3.05. The first kappa shape index (κ1) is 27.5. The summed E-state index contributed by atoms with van der Waals surface area (Å²) in [4.78, 5) is 38.9. The summed E-state index contributed by atoms with van der Waals surface area (Å²) in [5.41, 5.74) is 0.893. The minimum Gasteiger partial charge on any atom is -0.378 e. The molecule has 0 unspecified atom stereocenters. The number of aromatic nitrogens is 3. The van der Waals surface area contributed by atoms with Gasteiger partial charge in [-0.05, 0) is 37.6 Å². The smallest absolute Gasteiger partial charge is 0.378 e. The van der Waals surface area contributed by atoms with Crippen LogP contribution in [0.25, 0.3) is 22.2 Å². The largest absolute Gasteiger partial charge is 0.471 e. The van der Waals surface area contributed by atoms with Crippen molar-refractivity contribution in [2.75, 3.05) is 31.2 Å². The maximum absolute atomic E-state index is 14.4. The van der Waals surface area contributed by atoms with Crippen molar-refractivity contribution in [3.05, 3.63) is 81.7 Å². The van der Waals surface area contributed by atoms with Crippen LogP contribution in [-0.2, 0) is 26.1 Å². The fraction of sp³-hybridized carbons (Fsp3) is 0.308. The molecule has 0 saturated carbocycles. The van der Waals surface area contributed by atoms with Gasteiger partial charge in [-0.25, -0.2) is 13.9 Å². The molecule has 1 aromatic carbocycles. The van der Waals surface area contributed by atoms with E-state index >= 15 is 0 Å².